The Hall–Kier alpha value is -3.17. The second-order valence-corrected chi connectivity index (χ2v) is 8.63. The highest BCUT2D eigenvalue weighted by molar-refractivity contribution is 5.96. The molecular formula is C24H38N4O6. The predicted octanol–water partition coefficient (Wildman–Crippen LogP) is 2.65. The minimum atomic E-state index is -1.09. The summed E-state index contributed by atoms with van der Waals surface area (Å²) in [6, 6.07) is 1.98. The summed E-state index contributed by atoms with van der Waals surface area (Å²) in [5.74, 6) is -1.33. The average molecular weight is 479 g/mol. The Morgan fingerprint density at radius 3 is 1.71 bits per heavy atom. The molecule has 3 amide bonds. The number of carbonyl (C=O) groups excluding carboxylic acids is 4. The SMILES string of the molecule is CCN(CC)C(=O)c1cc(C[C@H](NC(=O)OC(C)(C)C)C(=O)OC)cc(C(=O)N(CC)CC)n1. The number of alkyl carbamates (subject to hydrolysis) is 1. The van der Waals surface area contributed by atoms with E-state index in [0.717, 1.165) is 0 Å². The van der Waals surface area contributed by atoms with Crippen molar-refractivity contribution in [3.8, 4) is 0 Å². The van der Waals surface area contributed by atoms with Gasteiger partial charge in [0.15, 0.2) is 0 Å². The van der Waals surface area contributed by atoms with Crippen molar-refractivity contribution in [3.05, 3.63) is 29.1 Å². The van der Waals surface area contributed by atoms with Gasteiger partial charge in [0.25, 0.3) is 11.8 Å². The van der Waals surface area contributed by atoms with Gasteiger partial charge in [-0.15, -0.1) is 0 Å². The molecule has 1 N–H and O–H groups in total. The molecule has 0 aliphatic carbocycles. The summed E-state index contributed by atoms with van der Waals surface area (Å²) in [5.41, 5.74) is -0.0867. The molecule has 0 bridgehead atoms. The minimum Gasteiger partial charge on any atom is -0.467 e. The summed E-state index contributed by atoms with van der Waals surface area (Å²) in [6.07, 6.45) is -0.804. The standard InChI is InChI=1S/C24H38N4O6/c1-9-27(10-2)20(29)17-13-16(14-18(25-17)21(30)28(11-3)12-4)15-19(22(31)33-8)26-23(32)34-24(5,6)7/h13-14,19H,9-12,15H2,1-8H3,(H,26,32)/t19-/m0/s1. The number of carbonyl (C=O) groups is 4. The quantitative estimate of drug-likeness (QED) is 0.514. The third-order valence-electron chi connectivity index (χ3n) is 5.04. The molecule has 0 aliphatic heterocycles. The van der Waals surface area contributed by atoms with Crippen molar-refractivity contribution in [3.63, 3.8) is 0 Å². The fraction of sp³-hybridized carbons (Fsp3) is 0.625. The van der Waals surface area contributed by atoms with E-state index in [-0.39, 0.29) is 29.6 Å². The first-order valence-corrected chi connectivity index (χ1v) is 11.6. The van der Waals surface area contributed by atoms with Gasteiger partial charge >= 0.3 is 12.1 Å². The van der Waals surface area contributed by atoms with Gasteiger partial charge in [-0.1, -0.05) is 0 Å². The van der Waals surface area contributed by atoms with Crippen LogP contribution >= 0.6 is 0 Å². The van der Waals surface area contributed by atoms with Gasteiger partial charge in [0.1, 0.15) is 23.0 Å². The van der Waals surface area contributed by atoms with Gasteiger partial charge in [-0.3, -0.25) is 9.59 Å². The van der Waals surface area contributed by atoms with Crippen LogP contribution in [-0.4, -0.2) is 83.6 Å². The van der Waals surface area contributed by atoms with Gasteiger partial charge in [-0.25, -0.2) is 14.6 Å². The minimum absolute atomic E-state index is 0.0223. The molecule has 0 saturated heterocycles. The monoisotopic (exact) mass is 478 g/mol. The van der Waals surface area contributed by atoms with Crippen LogP contribution in [0.2, 0.25) is 0 Å². The molecule has 1 rings (SSSR count). The number of hydrogen-bond donors (Lipinski definition) is 1. The first-order valence-electron chi connectivity index (χ1n) is 11.6. The Kier molecular flexibility index (Phi) is 11.0. The molecule has 0 aromatic carbocycles. The van der Waals surface area contributed by atoms with Crippen LogP contribution in [-0.2, 0) is 20.7 Å². The number of esters is 1. The summed E-state index contributed by atoms with van der Waals surface area (Å²) in [6.45, 7) is 14.4. The summed E-state index contributed by atoms with van der Waals surface area (Å²) in [7, 11) is 1.21. The zero-order valence-corrected chi connectivity index (χ0v) is 21.6. The Balaban J connectivity index is 3.43. The normalized spacial score (nSPS) is 11.9. The zero-order valence-electron chi connectivity index (χ0n) is 21.6. The number of nitrogens with one attached hydrogen (secondary N) is 1. The third kappa shape index (κ3) is 8.31. The van der Waals surface area contributed by atoms with Crippen LogP contribution in [0.1, 0.15) is 75.0 Å². The molecule has 1 aromatic rings. The number of aromatic nitrogens is 1. The van der Waals surface area contributed by atoms with Gasteiger partial charge in [0, 0.05) is 32.6 Å². The molecule has 34 heavy (non-hydrogen) atoms. The maximum Gasteiger partial charge on any atom is 0.408 e. The van der Waals surface area contributed by atoms with E-state index in [0.29, 0.717) is 31.7 Å². The Morgan fingerprint density at radius 2 is 1.35 bits per heavy atom. The van der Waals surface area contributed by atoms with E-state index >= 15 is 0 Å². The second-order valence-electron chi connectivity index (χ2n) is 8.63. The largest absolute Gasteiger partial charge is 0.467 e. The van der Waals surface area contributed by atoms with Crippen LogP contribution in [0.5, 0.6) is 0 Å². The molecule has 0 fully saturated rings. The van der Waals surface area contributed by atoms with Gasteiger partial charge in [0.2, 0.25) is 0 Å². The van der Waals surface area contributed by atoms with Crippen LogP contribution in [0.15, 0.2) is 12.1 Å². The number of hydrogen-bond acceptors (Lipinski definition) is 7. The highest BCUT2D eigenvalue weighted by Crippen LogP contribution is 2.15. The van der Waals surface area contributed by atoms with Crippen LogP contribution in [0.25, 0.3) is 0 Å². The van der Waals surface area contributed by atoms with E-state index in [4.69, 9.17) is 9.47 Å². The lowest BCUT2D eigenvalue weighted by Crippen LogP contribution is -2.45. The van der Waals surface area contributed by atoms with Gasteiger partial charge in [-0.05, 0) is 66.2 Å². The Bertz CT molecular complexity index is 830. The molecule has 1 atom stereocenters. The molecule has 0 unspecified atom stereocenters. The highest BCUT2D eigenvalue weighted by Gasteiger charge is 2.27. The molecule has 1 aromatic heterocycles. The Morgan fingerprint density at radius 1 is 0.912 bits per heavy atom. The molecule has 0 radical (unpaired) electrons. The van der Waals surface area contributed by atoms with Crippen LogP contribution in [0.3, 0.4) is 0 Å². The summed E-state index contributed by atoms with van der Waals surface area (Å²) < 4.78 is 10.1. The zero-order chi connectivity index (χ0) is 26.1. The molecule has 10 nitrogen and oxygen atoms in total. The number of methoxy groups -OCH3 is 1. The van der Waals surface area contributed by atoms with E-state index in [1.807, 2.05) is 27.7 Å². The van der Waals surface area contributed by atoms with Crippen molar-refractivity contribution in [2.24, 2.45) is 0 Å². The number of ether oxygens (including phenoxy) is 2. The van der Waals surface area contributed by atoms with Gasteiger partial charge < -0.3 is 24.6 Å². The first kappa shape index (κ1) is 28.9. The van der Waals surface area contributed by atoms with Crippen LogP contribution in [0.4, 0.5) is 4.79 Å². The van der Waals surface area contributed by atoms with Crippen molar-refractivity contribution in [2.45, 2.75) is 66.5 Å². The molecule has 0 aliphatic rings. The molecule has 1 heterocycles. The lowest BCUT2D eigenvalue weighted by Gasteiger charge is -2.23. The number of amides is 3. The number of pyridine rings is 1. The summed E-state index contributed by atoms with van der Waals surface area (Å²) in [5, 5.41) is 2.51. The van der Waals surface area contributed by atoms with E-state index in [1.54, 1.807) is 30.6 Å². The first-order chi connectivity index (χ1) is 15.9. The van der Waals surface area contributed by atoms with E-state index in [2.05, 4.69) is 10.3 Å². The smallest absolute Gasteiger partial charge is 0.408 e. The highest BCUT2D eigenvalue weighted by atomic mass is 16.6. The van der Waals surface area contributed by atoms with Crippen LogP contribution in [0, 0.1) is 0 Å². The lowest BCUT2D eigenvalue weighted by atomic mass is 10.0. The Labute approximate surface area is 202 Å². The molecule has 190 valence electrons. The molecule has 0 saturated carbocycles. The number of rotatable bonds is 10. The van der Waals surface area contributed by atoms with Gasteiger partial charge in [0.05, 0.1) is 7.11 Å². The molecule has 10 heteroatoms. The summed E-state index contributed by atoms with van der Waals surface area (Å²) >= 11 is 0. The molecule has 0 spiro atoms. The summed E-state index contributed by atoms with van der Waals surface area (Å²) in [4.78, 5) is 58.2. The maximum absolute atomic E-state index is 13.0. The van der Waals surface area contributed by atoms with Crippen molar-refractivity contribution in [1.82, 2.24) is 20.1 Å². The fourth-order valence-electron chi connectivity index (χ4n) is 3.29. The predicted molar refractivity (Wildman–Crippen MR) is 128 cm³/mol. The van der Waals surface area contributed by atoms with E-state index < -0.39 is 23.7 Å². The van der Waals surface area contributed by atoms with Crippen molar-refractivity contribution >= 4 is 23.9 Å². The molecular weight excluding hydrogens is 440 g/mol. The van der Waals surface area contributed by atoms with Crippen molar-refractivity contribution < 1.29 is 28.7 Å². The van der Waals surface area contributed by atoms with Crippen LogP contribution < -0.4 is 5.32 Å². The fourth-order valence-corrected chi connectivity index (χ4v) is 3.29. The second kappa shape index (κ2) is 12.9. The topological polar surface area (TPSA) is 118 Å². The average Bonchev–Trinajstić information content (AvgIpc) is 2.78. The third-order valence-corrected chi connectivity index (χ3v) is 5.04. The lowest BCUT2D eigenvalue weighted by molar-refractivity contribution is -0.143. The van der Waals surface area contributed by atoms with E-state index in [9.17, 15) is 19.2 Å². The van der Waals surface area contributed by atoms with Crippen molar-refractivity contribution in [1.29, 1.82) is 0 Å². The number of nitrogens with zero attached hydrogens (tertiary/aromatic N) is 3. The van der Waals surface area contributed by atoms with E-state index in [1.165, 1.54) is 19.2 Å². The maximum atomic E-state index is 13.0. The van der Waals surface area contributed by atoms with Crippen molar-refractivity contribution in [2.75, 3.05) is 33.3 Å². The van der Waals surface area contributed by atoms with Gasteiger partial charge in [-0.2, -0.15) is 0 Å².